The first-order valence-corrected chi connectivity index (χ1v) is 10.2. The van der Waals surface area contributed by atoms with Gasteiger partial charge in [0.25, 0.3) is 5.91 Å². The van der Waals surface area contributed by atoms with E-state index < -0.39 is 0 Å². The van der Waals surface area contributed by atoms with Crippen LogP contribution in [0.2, 0.25) is 0 Å². The predicted octanol–water partition coefficient (Wildman–Crippen LogP) is 4.20. The van der Waals surface area contributed by atoms with Gasteiger partial charge in [0.1, 0.15) is 23.8 Å². The number of rotatable bonds is 10. The van der Waals surface area contributed by atoms with E-state index in [1.807, 2.05) is 30.3 Å². The number of hydrogen-bond donors (Lipinski definition) is 2. The number of benzene rings is 1. The fourth-order valence-corrected chi connectivity index (χ4v) is 3.26. The summed E-state index contributed by atoms with van der Waals surface area (Å²) in [6.45, 7) is 1.65. The molecule has 2 aromatic rings. The number of hydrogen-bond acceptors (Lipinski definition) is 5. The minimum absolute atomic E-state index is 0.207. The first-order valence-electron chi connectivity index (χ1n) is 10.2. The van der Waals surface area contributed by atoms with Gasteiger partial charge in [-0.3, -0.25) is 9.78 Å². The van der Waals surface area contributed by atoms with Crippen LogP contribution >= 0.6 is 0 Å². The fraction of sp³-hybridized carbons (Fsp3) is 0.391. The lowest BCUT2D eigenvalue weighted by Gasteiger charge is -2.13. The van der Waals surface area contributed by atoms with Gasteiger partial charge in [0, 0.05) is 18.4 Å². The molecule has 2 N–H and O–H groups in total. The zero-order valence-corrected chi connectivity index (χ0v) is 16.9. The molecule has 0 fully saturated rings. The monoisotopic (exact) mass is 395 g/mol. The standard InChI is InChI=1S/C23H29N3O3/c1-28-20-7-9-21(10-8-20)29-16-15-26-23(27)22-17-19(12-14-25-22)24-13-11-18-5-3-2-4-6-18/h5,7-10,12,14,17H,2-4,6,11,13,15-16H2,1H3,(H,24,25)(H,26,27). The molecule has 0 unspecified atom stereocenters. The van der Waals surface area contributed by atoms with Gasteiger partial charge in [0.05, 0.1) is 13.7 Å². The smallest absolute Gasteiger partial charge is 0.270 e. The van der Waals surface area contributed by atoms with Gasteiger partial charge < -0.3 is 20.1 Å². The molecule has 1 aliphatic rings. The highest BCUT2D eigenvalue weighted by Crippen LogP contribution is 2.20. The SMILES string of the molecule is COc1ccc(OCCNC(=O)c2cc(NCCC3=CCCCC3)ccn2)cc1. The highest BCUT2D eigenvalue weighted by atomic mass is 16.5. The van der Waals surface area contributed by atoms with Gasteiger partial charge >= 0.3 is 0 Å². The third-order valence-corrected chi connectivity index (χ3v) is 4.87. The normalized spacial score (nSPS) is 13.3. The van der Waals surface area contributed by atoms with Crippen molar-refractivity contribution in [2.24, 2.45) is 0 Å². The second-order valence-corrected chi connectivity index (χ2v) is 6.99. The molecule has 6 nitrogen and oxygen atoms in total. The molecule has 29 heavy (non-hydrogen) atoms. The van der Waals surface area contributed by atoms with Crippen LogP contribution in [-0.2, 0) is 0 Å². The molecule has 6 heteroatoms. The minimum Gasteiger partial charge on any atom is -0.497 e. The van der Waals surface area contributed by atoms with Crippen molar-refractivity contribution in [3.05, 3.63) is 59.9 Å². The van der Waals surface area contributed by atoms with Gasteiger partial charge in [-0.25, -0.2) is 0 Å². The molecule has 1 aliphatic carbocycles. The van der Waals surface area contributed by atoms with E-state index in [1.165, 1.54) is 31.3 Å². The molecule has 1 aromatic carbocycles. The Morgan fingerprint density at radius 1 is 1.10 bits per heavy atom. The number of methoxy groups -OCH3 is 1. The number of aromatic nitrogens is 1. The molecule has 0 saturated heterocycles. The van der Waals surface area contributed by atoms with Crippen LogP contribution in [0.1, 0.15) is 42.6 Å². The van der Waals surface area contributed by atoms with Crippen molar-refractivity contribution < 1.29 is 14.3 Å². The van der Waals surface area contributed by atoms with Gasteiger partial charge in [0.15, 0.2) is 0 Å². The Kier molecular flexibility index (Phi) is 7.92. The Morgan fingerprint density at radius 2 is 1.93 bits per heavy atom. The number of nitrogens with zero attached hydrogens (tertiary/aromatic N) is 1. The summed E-state index contributed by atoms with van der Waals surface area (Å²) in [4.78, 5) is 16.5. The summed E-state index contributed by atoms with van der Waals surface area (Å²) in [6, 6.07) is 11.0. The Bertz CT molecular complexity index is 818. The molecule has 0 radical (unpaired) electrons. The van der Waals surface area contributed by atoms with Crippen LogP contribution in [0.4, 0.5) is 5.69 Å². The molecule has 0 saturated carbocycles. The summed E-state index contributed by atoms with van der Waals surface area (Å²) in [5.41, 5.74) is 2.85. The van der Waals surface area contributed by atoms with Crippen molar-refractivity contribution in [3.63, 3.8) is 0 Å². The summed E-state index contributed by atoms with van der Waals surface area (Å²) in [5.74, 6) is 1.31. The quantitative estimate of drug-likeness (QED) is 0.466. The van der Waals surface area contributed by atoms with E-state index in [4.69, 9.17) is 9.47 Å². The number of nitrogens with one attached hydrogen (secondary N) is 2. The van der Waals surface area contributed by atoms with Gasteiger partial charge in [0.2, 0.25) is 0 Å². The summed E-state index contributed by atoms with van der Waals surface area (Å²) in [5, 5.41) is 6.23. The number of carbonyl (C=O) groups excluding carboxylic acids is 1. The number of ether oxygens (including phenoxy) is 2. The van der Waals surface area contributed by atoms with Crippen molar-refractivity contribution in [3.8, 4) is 11.5 Å². The number of pyridine rings is 1. The molecular formula is C23H29N3O3. The Balaban J connectivity index is 1.39. The molecule has 0 bridgehead atoms. The van der Waals surface area contributed by atoms with Crippen LogP contribution in [0.15, 0.2) is 54.2 Å². The minimum atomic E-state index is -0.207. The zero-order chi connectivity index (χ0) is 20.3. The molecule has 154 valence electrons. The second kappa shape index (κ2) is 11.1. The third-order valence-electron chi connectivity index (χ3n) is 4.87. The van der Waals surface area contributed by atoms with Crippen LogP contribution in [0.25, 0.3) is 0 Å². The number of allylic oxidation sites excluding steroid dienone is 1. The van der Waals surface area contributed by atoms with Crippen LogP contribution in [0.3, 0.4) is 0 Å². The number of carbonyl (C=O) groups is 1. The molecule has 1 aromatic heterocycles. The number of amides is 1. The fourth-order valence-electron chi connectivity index (χ4n) is 3.26. The van der Waals surface area contributed by atoms with Gasteiger partial charge in [-0.05, 0) is 68.5 Å². The van der Waals surface area contributed by atoms with Crippen LogP contribution in [0, 0.1) is 0 Å². The highest BCUT2D eigenvalue weighted by Gasteiger charge is 2.08. The van der Waals surface area contributed by atoms with Crippen LogP contribution < -0.4 is 20.1 Å². The van der Waals surface area contributed by atoms with Gasteiger partial charge in [-0.1, -0.05) is 11.6 Å². The van der Waals surface area contributed by atoms with Crippen molar-refractivity contribution in [2.75, 3.05) is 32.1 Å². The van der Waals surface area contributed by atoms with E-state index in [9.17, 15) is 4.79 Å². The molecule has 1 amide bonds. The number of anilines is 1. The van der Waals surface area contributed by atoms with E-state index in [-0.39, 0.29) is 5.91 Å². The predicted molar refractivity (Wildman–Crippen MR) is 115 cm³/mol. The van der Waals surface area contributed by atoms with Gasteiger partial charge in [-0.2, -0.15) is 0 Å². The van der Waals surface area contributed by atoms with Crippen molar-refractivity contribution in [2.45, 2.75) is 32.1 Å². The Morgan fingerprint density at radius 3 is 2.69 bits per heavy atom. The largest absolute Gasteiger partial charge is 0.497 e. The molecule has 0 spiro atoms. The van der Waals surface area contributed by atoms with Crippen LogP contribution in [-0.4, -0.2) is 37.7 Å². The van der Waals surface area contributed by atoms with Crippen LogP contribution in [0.5, 0.6) is 11.5 Å². The summed E-state index contributed by atoms with van der Waals surface area (Å²) in [7, 11) is 1.62. The summed E-state index contributed by atoms with van der Waals surface area (Å²) < 4.78 is 10.7. The molecule has 1 heterocycles. The third kappa shape index (κ3) is 6.82. The molecular weight excluding hydrogens is 366 g/mol. The maximum Gasteiger partial charge on any atom is 0.270 e. The second-order valence-electron chi connectivity index (χ2n) is 6.99. The molecule has 0 aliphatic heterocycles. The maximum absolute atomic E-state index is 12.3. The summed E-state index contributed by atoms with van der Waals surface area (Å²) >= 11 is 0. The maximum atomic E-state index is 12.3. The first-order chi connectivity index (χ1) is 14.2. The Labute approximate surface area is 172 Å². The van der Waals surface area contributed by atoms with E-state index in [2.05, 4.69) is 21.7 Å². The van der Waals surface area contributed by atoms with E-state index >= 15 is 0 Å². The lowest BCUT2D eigenvalue weighted by Crippen LogP contribution is -2.28. The lowest BCUT2D eigenvalue weighted by atomic mass is 9.97. The average molecular weight is 396 g/mol. The zero-order valence-electron chi connectivity index (χ0n) is 16.9. The van der Waals surface area contributed by atoms with Crippen molar-refractivity contribution >= 4 is 11.6 Å². The average Bonchev–Trinajstić information content (AvgIpc) is 2.78. The van der Waals surface area contributed by atoms with E-state index in [0.29, 0.717) is 18.8 Å². The first kappa shape index (κ1) is 20.7. The van der Waals surface area contributed by atoms with E-state index in [0.717, 1.165) is 30.2 Å². The molecule has 0 atom stereocenters. The lowest BCUT2D eigenvalue weighted by molar-refractivity contribution is 0.0942. The highest BCUT2D eigenvalue weighted by molar-refractivity contribution is 5.93. The topological polar surface area (TPSA) is 72.5 Å². The Hall–Kier alpha value is -3.02. The van der Waals surface area contributed by atoms with Gasteiger partial charge in [-0.15, -0.1) is 0 Å². The summed E-state index contributed by atoms with van der Waals surface area (Å²) in [6.07, 6.45) is 10.1. The van der Waals surface area contributed by atoms with Crippen molar-refractivity contribution in [1.29, 1.82) is 0 Å². The molecule has 3 rings (SSSR count). The van der Waals surface area contributed by atoms with Crippen molar-refractivity contribution in [1.82, 2.24) is 10.3 Å². The van der Waals surface area contributed by atoms with E-state index in [1.54, 1.807) is 19.4 Å².